The molecule has 1 atom stereocenters. The average Bonchev–Trinajstić information content (AvgIpc) is 3.46. The first-order chi connectivity index (χ1) is 13.0. The second kappa shape index (κ2) is 7.33. The minimum Gasteiger partial charge on any atom is -0.353 e. The standard InChI is InChI=1S/C21H27N3O3/c1-14-2-6-17(7-3-14)24-13-10-18(21(24)27)20(26)23-11-8-16(9-12-23)22-19(25)15-4-5-15/h2-3,6-7,15-16,18H,4-5,8-13H2,1H3,(H,22,25)/t18-/m0/s1. The van der Waals surface area contributed by atoms with Crippen LogP contribution in [0.25, 0.3) is 0 Å². The first kappa shape index (κ1) is 18.0. The molecule has 2 aliphatic heterocycles. The molecule has 0 unspecified atom stereocenters. The Balaban J connectivity index is 1.31. The van der Waals surface area contributed by atoms with Gasteiger partial charge >= 0.3 is 0 Å². The Morgan fingerprint density at radius 3 is 2.26 bits per heavy atom. The van der Waals surface area contributed by atoms with Crippen LogP contribution in [0, 0.1) is 18.8 Å². The number of benzene rings is 1. The molecule has 1 N–H and O–H groups in total. The zero-order valence-corrected chi connectivity index (χ0v) is 15.8. The third kappa shape index (κ3) is 3.84. The molecule has 0 aromatic heterocycles. The molecule has 2 heterocycles. The Morgan fingerprint density at radius 2 is 1.63 bits per heavy atom. The molecule has 0 bridgehead atoms. The molecular weight excluding hydrogens is 342 g/mol. The van der Waals surface area contributed by atoms with Crippen molar-refractivity contribution in [3.8, 4) is 0 Å². The fourth-order valence-corrected chi connectivity index (χ4v) is 4.02. The molecule has 27 heavy (non-hydrogen) atoms. The second-order valence-electron chi connectivity index (χ2n) is 8.05. The van der Waals surface area contributed by atoms with Gasteiger partial charge in [0.2, 0.25) is 17.7 Å². The maximum Gasteiger partial charge on any atom is 0.239 e. The van der Waals surface area contributed by atoms with Crippen LogP contribution in [-0.2, 0) is 14.4 Å². The number of carbonyl (C=O) groups is 3. The van der Waals surface area contributed by atoms with E-state index in [4.69, 9.17) is 0 Å². The van der Waals surface area contributed by atoms with Gasteiger partial charge in [-0.25, -0.2) is 0 Å². The third-order valence-corrected chi connectivity index (χ3v) is 5.95. The summed E-state index contributed by atoms with van der Waals surface area (Å²) in [6, 6.07) is 8.00. The lowest BCUT2D eigenvalue weighted by Crippen LogP contribution is -2.49. The van der Waals surface area contributed by atoms with Crippen LogP contribution in [0.3, 0.4) is 0 Å². The van der Waals surface area contributed by atoms with Crippen LogP contribution < -0.4 is 10.2 Å². The summed E-state index contributed by atoms with van der Waals surface area (Å²) < 4.78 is 0. The van der Waals surface area contributed by atoms with E-state index >= 15 is 0 Å². The predicted molar refractivity (Wildman–Crippen MR) is 102 cm³/mol. The van der Waals surface area contributed by atoms with E-state index in [2.05, 4.69) is 5.32 Å². The molecule has 1 aliphatic carbocycles. The van der Waals surface area contributed by atoms with Gasteiger partial charge in [-0.1, -0.05) is 17.7 Å². The highest BCUT2D eigenvalue weighted by Gasteiger charge is 2.40. The SMILES string of the molecule is Cc1ccc(N2CC[C@@H](C(=O)N3CCC(NC(=O)C4CC4)CC3)C2=O)cc1. The summed E-state index contributed by atoms with van der Waals surface area (Å²) >= 11 is 0. The van der Waals surface area contributed by atoms with Gasteiger partial charge in [0.15, 0.2) is 0 Å². The fraction of sp³-hybridized carbons (Fsp3) is 0.571. The van der Waals surface area contributed by atoms with Crippen LogP contribution in [0.15, 0.2) is 24.3 Å². The molecule has 144 valence electrons. The summed E-state index contributed by atoms with van der Waals surface area (Å²) in [5, 5.41) is 3.10. The van der Waals surface area contributed by atoms with Gasteiger partial charge in [0, 0.05) is 37.3 Å². The number of anilines is 1. The highest BCUT2D eigenvalue weighted by molar-refractivity contribution is 6.09. The highest BCUT2D eigenvalue weighted by Crippen LogP contribution is 2.30. The molecule has 0 radical (unpaired) electrons. The van der Waals surface area contributed by atoms with Crippen LogP contribution in [0.5, 0.6) is 0 Å². The van der Waals surface area contributed by atoms with Gasteiger partial charge in [-0.05, 0) is 51.2 Å². The van der Waals surface area contributed by atoms with E-state index in [0.717, 1.165) is 36.9 Å². The summed E-state index contributed by atoms with van der Waals surface area (Å²) in [6.07, 6.45) is 4.12. The van der Waals surface area contributed by atoms with Crippen molar-refractivity contribution in [2.75, 3.05) is 24.5 Å². The minimum absolute atomic E-state index is 0.0541. The molecule has 1 aromatic rings. The Hall–Kier alpha value is -2.37. The largest absolute Gasteiger partial charge is 0.353 e. The zero-order valence-electron chi connectivity index (χ0n) is 15.8. The first-order valence-corrected chi connectivity index (χ1v) is 10.00. The van der Waals surface area contributed by atoms with E-state index in [1.165, 1.54) is 0 Å². The molecule has 3 aliphatic rings. The van der Waals surface area contributed by atoms with Gasteiger partial charge in [0.1, 0.15) is 5.92 Å². The number of hydrogen-bond acceptors (Lipinski definition) is 3. The Labute approximate surface area is 159 Å². The average molecular weight is 369 g/mol. The van der Waals surface area contributed by atoms with Crippen LogP contribution >= 0.6 is 0 Å². The lowest BCUT2D eigenvalue weighted by Gasteiger charge is -2.33. The van der Waals surface area contributed by atoms with E-state index in [1.54, 1.807) is 9.80 Å². The molecule has 0 spiro atoms. The van der Waals surface area contributed by atoms with Gasteiger partial charge in [0.25, 0.3) is 0 Å². The molecule has 3 fully saturated rings. The van der Waals surface area contributed by atoms with Gasteiger partial charge < -0.3 is 15.1 Å². The zero-order chi connectivity index (χ0) is 19.0. The second-order valence-corrected chi connectivity index (χ2v) is 8.05. The van der Waals surface area contributed by atoms with Crippen molar-refractivity contribution < 1.29 is 14.4 Å². The Morgan fingerprint density at radius 1 is 0.963 bits per heavy atom. The van der Waals surface area contributed by atoms with Crippen molar-refractivity contribution in [1.82, 2.24) is 10.2 Å². The predicted octanol–water partition coefficient (Wildman–Crippen LogP) is 1.87. The van der Waals surface area contributed by atoms with E-state index < -0.39 is 5.92 Å². The van der Waals surface area contributed by atoms with Crippen LogP contribution in [0.1, 0.15) is 37.7 Å². The van der Waals surface area contributed by atoms with E-state index in [1.807, 2.05) is 31.2 Å². The smallest absolute Gasteiger partial charge is 0.239 e. The van der Waals surface area contributed by atoms with Crippen molar-refractivity contribution in [1.29, 1.82) is 0 Å². The molecule has 2 saturated heterocycles. The number of piperidine rings is 1. The number of aryl methyl sites for hydroxylation is 1. The lowest BCUT2D eigenvalue weighted by molar-refractivity contribution is -0.140. The van der Waals surface area contributed by atoms with Crippen molar-refractivity contribution >= 4 is 23.4 Å². The minimum atomic E-state index is -0.566. The van der Waals surface area contributed by atoms with Crippen molar-refractivity contribution in [2.24, 2.45) is 11.8 Å². The monoisotopic (exact) mass is 369 g/mol. The molecule has 6 heteroatoms. The number of nitrogens with one attached hydrogen (secondary N) is 1. The Bertz CT molecular complexity index is 734. The van der Waals surface area contributed by atoms with E-state index in [9.17, 15) is 14.4 Å². The van der Waals surface area contributed by atoms with Gasteiger partial charge in [-0.15, -0.1) is 0 Å². The number of hydrogen-bond donors (Lipinski definition) is 1. The summed E-state index contributed by atoms with van der Waals surface area (Å²) in [7, 11) is 0. The number of amides is 3. The summed E-state index contributed by atoms with van der Waals surface area (Å²) in [6.45, 7) is 3.83. The van der Waals surface area contributed by atoms with E-state index in [0.29, 0.717) is 26.1 Å². The summed E-state index contributed by atoms with van der Waals surface area (Å²) in [5.41, 5.74) is 2.01. The molecule has 1 saturated carbocycles. The molecule has 4 rings (SSSR count). The fourth-order valence-electron chi connectivity index (χ4n) is 4.02. The number of nitrogens with zero attached hydrogens (tertiary/aromatic N) is 2. The third-order valence-electron chi connectivity index (χ3n) is 5.95. The number of carbonyl (C=O) groups excluding carboxylic acids is 3. The lowest BCUT2D eigenvalue weighted by atomic mass is 10.0. The van der Waals surface area contributed by atoms with E-state index in [-0.39, 0.29) is 29.7 Å². The molecule has 6 nitrogen and oxygen atoms in total. The molecule has 3 amide bonds. The quantitative estimate of drug-likeness (QED) is 0.824. The number of likely N-dealkylation sites (tertiary alicyclic amines) is 1. The first-order valence-electron chi connectivity index (χ1n) is 10.00. The van der Waals surface area contributed by atoms with Gasteiger partial charge in [0.05, 0.1) is 0 Å². The van der Waals surface area contributed by atoms with Gasteiger partial charge in [-0.2, -0.15) is 0 Å². The van der Waals surface area contributed by atoms with Crippen LogP contribution in [-0.4, -0.2) is 48.3 Å². The normalized spacial score (nSPS) is 23.6. The number of rotatable bonds is 4. The van der Waals surface area contributed by atoms with Crippen molar-refractivity contribution in [2.45, 2.75) is 45.1 Å². The summed E-state index contributed by atoms with van der Waals surface area (Å²) in [5.74, 6) is -0.327. The van der Waals surface area contributed by atoms with Crippen LogP contribution in [0.2, 0.25) is 0 Å². The maximum absolute atomic E-state index is 12.9. The van der Waals surface area contributed by atoms with Crippen molar-refractivity contribution in [3.05, 3.63) is 29.8 Å². The molecule has 1 aromatic carbocycles. The highest BCUT2D eigenvalue weighted by atomic mass is 16.2. The van der Waals surface area contributed by atoms with Crippen LogP contribution in [0.4, 0.5) is 5.69 Å². The maximum atomic E-state index is 12.9. The van der Waals surface area contributed by atoms with Crippen molar-refractivity contribution in [3.63, 3.8) is 0 Å². The Kier molecular flexibility index (Phi) is 4.89. The topological polar surface area (TPSA) is 69.7 Å². The summed E-state index contributed by atoms with van der Waals surface area (Å²) in [4.78, 5) is 41.1. The molecular formula is C21H27N3O3. The van der Waals surface area contributed by atoms with Gasteiger partial charge in [-0.3, -0.25) is 14.4 Å².